The first-order valence-corrected chi connectivity index (χ1v) is 8.25. The highest BCUT2D eigenvalue weighted by molar-refractivity contribution is 6.33. The SMILES string of the molecule is Cc1nn(Cc2ccccc2)c(Cl)c1C(=O)N1CCO[C@@H](C(=O)O)C1. The number of carboxylic acid groups (broad SMARTS) is 1. The number of rotatable bonds is 4. The predicted octanol–water partition coefficient (Wildman–Crippen LogP) is 1.82. The number of hydrogen-bond donors (Lipinski definition) is 1. The zero-order chi connectivity index (χ0) is 18.0. The summed E-state index contributed by atoms with van der Waals surface area (Å²) in [4.78, 5) is 25.4. The predicted molar refractivity (Wildman–Crippen MR) is 90.8 cm³/mol. The standard InChI is InChI=1S/C17H18ClN3O4/c1-11-14(16(22)20-7-8-25-13(10-20)17(23)24)15(18)21(19-11)9-12-5-3-2-4-6-12/h2-6,13H,7-10H2,1H3,(H,23,24)/t13-/m1/s1. The molecule has 0 radical (unpaired) electrons. The summed E-state index contributed by atoms with van der Waals surface area (Å²) >= 11 is 6.40. The lowest BCUT2D eigenvalue weighted by Gasteiger charge is -2.30. The first-order valence-electron chi connectivity index (χ1n) is 7.88. The van der Waals surface area contributed by atoms with Crippen LogP contribution >= 0.6 is 11.6 Å². The molecule has 132 valence electrons. The van der Waals surface area contributed by atoms with Gasteiger partial charge in [-0.15, -0.1) is 0 Å². The molecular formula is C17H18ClN3O4. The Hall–Kier alpha value is -2.38. The van der Waals surface area contributed by atoms with Crippen molar-refractivity contribution in [1.82, 2.24) is 14.7 Å². The van der Waals surface area contributed by atoms with Crippen LogP contribution < -0.4 is 0 Å². The number of halogens is 1. The van der Waals surface area contributed by atoms with Gasteiger partial charge >= 0.3 is 5.97 Å². The van der Waals surface area contributed by atoms with E-state index >= 15 is 0 Å². The number of carboxylic acids is 1. The van der Waals surface area contributed by atoms with E-state index in [0.717, 1.165) is 5.56 Å². The summed E-state index contributed by atoms with van der Waals surface area (Å²) in [5.41, 5.74) is 1.84. The molecule has 2 aromatic rings. The van der Waals surface area contributed by atoms with Crippen LogP contribution in [0.1, 0.15) is 21.6 Å². The van der Waals surface area contributed by atoms with Gasteiger partial charge in [0.1, 0.15) is 5.15 Å². The van der Waals surface area contributed by atoms with Crippen molar-refractivity contribution in [3.05, 3.63) is 52.3 Å². The van der Waals surface area contributed by atoms with Gasteiger partial charge in [0.15, 0.2) is 6.10 Å². The lowest BCUT2D eigenvalue weighted by atomic mass is 10.2. The zero-order valence-electron chi connectivity index (χ0n) is 13.7. The van der Waals surface area contributed by atoms with Crippen molar-refractivity contribution in [2.24, 2.45) is 0 Å². The normalized spacial score (nSPS) is 17.5. The molecule has 0 unspecified atom stereocenters. The molecule has 1 N–H and O–H groups in total. The Bertz CT molecular complexity index is 791. The van der Waals surface area contributed by atoms with Crippen LogP contribution in [-0.2, 0) is 16.1 Å². The van der Waals surface area contributed by atoms with Crippen molar-refractivity contribution in [3.63, 3.8) is 0 Å². The molecule has 0 saturated carbocycles. The Morgan fingerprint density at radius 2 is 2.08 bits per heavy atom. The van der Waals surface area contributed by atoms with E-state index in [2.05, 4.69) is 5.10 Å². The van der Waals surface area contributed by atoms with Gasteiger partial charge in [0.05, 0.1) is 31.0 Å². The maximum Gasteiger partial charge on any atom is 0.334 e. The van der Waals surface area contributed by atoms with Gasteiger partial charge < -0.3 is 14.7 Å². The van der Waals surface area contributed by atoms with E-state index in [1.54, 1.807) is 11.6 Å². The minimum absolute atomic E-state index is 0.00615. The van der Waals surface area contributed by atoms with Crippen molar-refractivity contribution in [1.29, 1.82) is 0 Å². The molecule has 25 heavy (non-hydrogen) atoms. The largest absolute Gasteiger partial charge is 0.479 e. The van der Waals surface area contributed by atoms with Crippen LogP contribution in [0.15, 0.2) is 30.3 Å². The average Bonchev–Trinajstić information content (AvgIpc) is 2.89. The van der Waals surface area contributed by atoms with E-state index in [9.17, 15) is 9.59 Å². The van der Waals surface area contributed by atoms with E-state index in [1.165, 1.54) is 4.90 Å². The Kier molecular flexibility index (Phi) is 5.06. The highest BCUT2D eigenvalue weighted by Crippen LogP contribution is 2.23. The summed E-state index contributed by atoms with van der Waals surface area (Å²) in [6, 6.07) is 9.67. The third-order valence-corrected chi connectivity index (χ3v) is 4.47. The lowest BCUT2D eigenvalue weighted by Crippen LogP contribution is -2.48. The third kappa shape index (κ3) is 3.67. The lowest BCUT2D eigenvalue weighted by molar-refractivity contribution is -0.154. The molecule has 0 spiro atoms. The molecule has 1 atom stereocenters. The molecule has 1 aliphatic heterocycles. The molecule has 1 fully saturated rings. The molecule has 8 heteroatoms. The molecule has 2 heterocycles. The highest BCUT2D eigenvalue weighted by Gasteiger charge is 2.32. The molecule has 7 nitrogen and oxygen atoms in total. The molecule has 1 aromatic heterocycles. The van der Waals surface area contributed by atoms with E-state index in [-0.39, 0.29) is 24.2 Å². The number of aromatic nitrogens is 2. The van der Waals surface area contributed by atoms with Crippen molar-refractivity contribution in [3.8, 4) is 0 Å². The maximum absolute atomic E-state index is 12.8. The summed E-state index contributed by atoms with van der Waals surface area (Å²) in [5.74, 6) is -1.41. The number of morpholine rings is 1. The molecular weight excluding hydrogens is 346 g/mol. The van der Waals surface area contributed by atoms with Crippen molar-refractivity contribution in [2.75, 3.05) is 19.7 Å². The van der Waals surface area contributed by atoms with Crippen LogP contribution in [0.2, 0.25) is 5.15 Å². The van der Waals surface area contributed by atoms with Gasteiger partial charge in [-0.3, -0.25) is 4.79 Å². The second-order valence-electron chi connectivity index (χ2n) is 5.84. The number of nitrogens with zero attached hydrogens (tertiary/aromatic N) is 3. The number of aliphatic carboxylic acids is 1. The fraction of sp³-hybridized carbons (Fsp3) is 0.353. The Morgan fingerprint density at radius 3 is 2.76 bits per heavy atom. The Morgan fingerprint density at radius 1 is 1.36 bits per heavy atom. The summed E-state index contributed by atoms with van der Waals surface area (Å²) in [5, 5.41) is 13.7. The highest BCUT2D eigenvalue weighted by atomic mass is 35.5. The quantitative estimate of drug-likeness (QED) is 0.895. The van der Waals surface area contributed by atoms with Crippen LogP contribution in [0.25, 0.3) is 0 Å². The second kappa shape index (κ2) is 7.25. The van der Waals surface area contributed by atoms with Gasteiger partial charge in [-0.2, -0.15) is 5.10 Å². The fourth-order valence-corrected chi connectivity index (χ4v) is 3.11. The Balaban J connectivity index is 1.82. The zero-order valence-corrected chi connectivity index (χ0v) is 14.4. The van der Waals surface area contributed by atoms with Crippen LogP contribution in [0.5, 0.6) is 0 Å². The fourth-order valence-electron chi connectivity index (χ4n) is 2.80. The van der Waals surface area contributed by atoms with E-state index in [1.807, 2.05) is 30.3 Å². The van der Waals surface area contributed by atoms with Gasteiger partial charge in [-0.05, 0) is 12.5 Å². The second-order valence-corrected chi connectivity index (χ2v) is 6.20. The monoisotopic (exact) mass is 363 g/mol. The Labute approximate surface area is 149 Å². The number of benzene rings is 1. The maximum atomic E-state index is 12.8. The van der Waals surface area contributed by atoms with Gasteiger partial charge in [-0.25, -0.2) is 9.48 Å². The van der Waals surface area contributed by atoms with Crippen LogP contribution in [0.4, 0.5) is 0 Å². The molecule has 0 aliphatic carbocycles. The van der Waals surface area contributed by atoms with E-state index < -0.39 is 12.1 Å². The summed E-state index contributed by atoms with van der Waals surface area (Å²) in [7, 11) is 0. The third-order valence-electron chi connectivity index (χ3n) is 4.08. The van der Waals surface area contributed by atoms with Crippen molar-refractivity contribution < 1.29 is 19.4 Å². The molecule has 1 amide bonds. The average molecular weight is 364 g/mol. The summed E-state index contributed by atoms with van der Waals surface area (Å²) in [6.07, 6.45) is -1.02. The van der Waals surface area contributed by atoms with Crippen LogP contribution in [0, 0.1) is 6.92 Å². The van der Waals surface area contributed by atoms with E-state index in [0.29, 0.717) is 24.3 Å². The molecule has 1 aliphatic rings. The number of carbonyl (C=O) groups is 2. The van der Waals surface area contributed by atoms with Crippen molar-refractivity contribution in [2.45, 2.75) is 19.6 Å². The minimum Gasteiger partial charge on any atom is -0.479 e. The van der Waals surface area contributed by atoms with Gasteiger partial charge in [0.2, 0.25) is 0 Å². The minimum atomic E-state index is -1.08. The number of ether oxygens (including phenoxy) is 1. The van der Waals surface area contributed by atoms with Gasteiger partial charge in [0.25, 0.3) is 5.91 Å². The number of amides is 1. The number of hydrogen-bond acceptors (Lipinski definition) is 4. The number of aryl methyl sites for hydroxylation is 1. The van der Waals surface area contributed by atoms with E-state index in [4.69, 9.17) is 21.4 Å². The number of carbonyl (C=O) groups excluding carboxylic acids is 1. The van der Waals surface area contributed by atoms with Crippen molar-refractivity contribution >= 4 is 23.5 Å². The topological polar surface area (TPSA) is 84.7 Å². The smallest absolute Gasteiger partial charge is 0.334 e. The first-order chi connectivity index (χ1) is 12.0. The molecule has 1 aromatic carbocycles. The first kappa shape index (κ1) is 17.4. The van der Waals surface area contributed by atoms with Crippen LogP contribution in [0.3, 0.4) is 0 Å². The van der Waals surface area contributed by atoms with Gasteiger partial charge in [0, 0.05) is 6.54 Å². The molecule has 1 saturated heterocycles. The molecule has 0 bridgehead atoms. The summed E-state index contributed by atoms with van der Waals surface area (Å²) in [6.45, 7) is 2.66. The molecule has 3 rings (SSSR count). The van der Waals surface area contributed by atoms with Gasteiger partial charge in [-0.1, -0.05) is 41.9 Å². The van der Waals surface area contributed by atoms with Crippen LogP contribution in [-0.4, -0.2) is 57.5 Å². The summed E-state index contributed by atoms with van der Waals surface area (Å²) < 4.78 is 6.73.